The first-order chi connectivity index (χ1) is 6.79. The third kappa shape index (κ3) is 20.1. The van der Waals surface area contributed by atoms with Crippen LogP contribution in [-0.2, 0) is 0 Å². The maximum absolute atomic E-state index is 9.03. The van der Waals surface area contributed by atoms with E-state index in [0.717, 1.165) is 18.8 Å². The van der Waals surface area contributed by atoms with Crippen molar-refractivity contribution in [1.82, 2.24) is 0 Å². The summed E-state index contributed by atoms with van der Waals surface area (Å²) < 4.78 is 0. The molecule has 0 unspecified atom stereocenters. The Balaban J connectivity index is 0. The van der Waals surface area contributed by atoms with E-state index in [-0.39, 0.29) is 6.10 Å². The van der Waals surface area contributed by atoms with Crippen LogP contribution < -0.4 is 0 Å². The number of hydrogen-bond donors (Lipinski definition) is 2. The van der Waals surface area contributed by atoms with Crippen LogP contribution in [0, 0.1) is 5.92 Å². The van der Waals surface area contributed by atoms with Crippen LogP contribution in [0.3, 0.4) is 0 Å². The quantitative estimate of drug-likeness (QED) is 0.654. The van der Waals surface area contributed by atoms with Gasteiger partial charge in [-0.25, -0.2) is 0 Å². The Morgan fingerprint density at radius 3 is 1.40 bits per heavy atom. The fraction of sp³-hybridized carbons (Fsp3) is 1.00. The highest BCUT2D eigenvalue weighted by molar-refractivity contribution is 4.67. The van der Waals surface area contributed by atoms with Crippen molar-refractivity contribution in [2.75, 3.05) is 0 Å². The molecule has 2 heteroatoms. The van der Waals surface area contributed by atoms with Gasteiger partial charge in [0.15, 0.2) is 0 Å². The zero-order valence-electron chi connectivity index (χ0n) is 11.4. The molecule has 15 heavy (non-hydrogen) atoms. The van der Waals surface area contributed by atoms with E-state index in [1.165, 1.54) is 12.8 Å². The lowest BCUT2D eigenvalue weighted by Crippen LogP contribution is -2.15. The average Bonchev–Trinajstić information content (AvgIpc) is 2.11. The van der Waals surface area contributed by atoms with Crippen LogP contribution in [-0.4, -0.2) is 21.9 Å². The van der Waals surface area contributed by atoms with Crippen molar-refractivity contribution in [3.63, 3.8) is 0 Å². The summed E-state index contributed by atoms with van der Waals surface area (Å²) in [5, 5.41) is 17.5. The first-order valence-corrected chi connectivity index (χ1v) is 6.19. The van der Waals surface area contributed by atoms with Crippen LogP contribution in [0.1, 0.15) is 67.2 Å². The van der Waals surface area contributed by atoms with E-state index in [9.17, 15) is 0 Å². The first-order valence-electron chi connectivity index (χ1n) is 6.19. The topological polar surface area (TPSA) is 40.5 Å². The molecule has 1 rings (SSSR count). The highest BCUT2D eigenvalue weighted by atomic mass is 16.3. The van der Waals surface area contributed by atoms with Crippen LogP contribution in [0.25, 0.3) is 0 Å². The van der Waals surface area contributed by atoms with Gasteiger partial charge in [0.25, 0.3) is 0 Å². The summed E-state index contributed by atoms with van der Waals surface area (Å²) in [6.07, 6.45) is 4.52. The largest absolute Gasteiger partial charge is 0.393 e. The van der Waals surface area contributed by atoms with Gasteiger partial charge in [0, 0.05) is 0 Å². The predicted molar refractivity (Wildman–Crippen MR) is 67.0 cm³/mol. The van der Waals surface area contributed by atoms with Gasteiger partial charge in [-0.1, -0.05) is 20.8 Å². The number of aliphatic hydroxyl groups excluding tert-OH is 1. The second-order valence-electron chi connectivity index (χ2n) is 5.08. The maximum Gasteiger partial charge on any atom is 0.0563 e. The van der Waals surface area contributed by atoms with E-state index >= 15 is 0 Å². The lowest BCUT2D eigenvalue weighted by atomic mass is 9.89. The van der Waals surface area contributed by atoms with Gasteiger partial charge in [-0.15, -0.1) is 0 Å². The molecule has 0 spiro atoms. The third-order valence-electron chi connectivity index (χ3n) is 1.99. The van der Waals surface area contributed by atoms with Gasteiger partial charge >= 0.3 is 0 Å². The Kier molecular flexibility index (Phi) is 10.6. The summed E-state index contributed by atoms with van der Waals surface area (Å²) >= 11 is 0. The molecule has 0 heterocycles. The summed E-state index contributed by atoms with van der Waals surface area (Å²) in [4.78, 5) is 0. The predicted octanol–water partition coefficient (Wildman–Crippen LogP) is 3.36. The number of aliphatic hydroxyl groups is 2. The second kappa shape index (κ2) is 9.17. The molecule has 1 aliphatic carbocycles. The molecule has 0 aromatic carbocycles. The SMILES string of the molecule is CC.CC(C)(C)O.CC1CCC(O)CC1. The van der Waals surface area contributed by atoms with Gasteiger partial charge in [-0.05, 0) is 52.4 Å². The van der Waals surface area contributed by atoms with Crippen LogP contribution >= 0.6 is 0 Å². The van der Waals surface area contributed by atoms with Gasteiger partial charge in [0.05, 0.1) is 11.7 Å². The molecule has 0 atom stereocenters. The molecular formula is C13H30O2. The van der Waals surface area contributed by atoms with Crippen molar-refractivity contribution >= 4 is 0 Å². The van der Waals surface area contributed by atoms with Crippen LogP contribution in [0.2, 0.25) is 0 Å². The lowest BCUT2D eigenvalue weighted by Gasteiger charge is -2.21. The van der Waals surface area contributed by atoms with E-state index in [2.05, 4.69) is 6.92 Å². The molecule has 0 aromatic rings. The van der Waals surface area contributed by atoms with E-state index in [0.29, 0.717) is 0 Å². The van der Waals surface area contributed by atoms with Crippen molar-refractivity contribution in [2.24, 2.45) is 5.92 Å². The molecule has 0 aromatic heterocycles. The van der Waals surface area contributed by atoms with Crippen molar-refractivity contribution in [3.05, 3.63) is 0 Å². The number of hydrogen-bond acceptors (Lipinski definition) is 2. The van der Waals surface area contributed by atoms with Gasteiger partial charge in [-0.2, -0.15) is 0 Å². The molecule has 0 amide bonds. The minimum Gasteiger partial charge on any atom is -0.393 e. The molecule has 0 aliphatic heterocycles. The van der Waals surface area contributed by atoms with Crippen LogP contribution in [0.4, 0.5) is 0 Å². The molecule has 0 saturated heterocycles. The first kappa shape index (κ1) is 17.3. The molecular weight excluding hydrogens is 188 g/mol. The van der Waals surface area contributed by atoms with Crippen LogP contribution in [0.15, 0.2) is 0 Å². The second-order valence-corrected chi connectivity index (χ2v) is 5.08. The fourth-order valence-electron chi connectivity index (χ4n) is 1.24. The van der Waals surface area contributed by atoms with Crippen molar-refractivity contribution in [3.8, 4) is 0 Å². The monoisotopic (exact) mass is 218 g/mol. The lowest BCUT2D eigenvalue weighted by molar-refractivity contribution is 0.102. The number of rotatable bonds is 0. The van der Waals surface area contributed by atoms with Gasteiger partial charge < -0.3 is 10.2 Å². The Labute approximate surface area is 95.7 Å². The zero-order valence-corrected chi connectivity index (χ0v) is 11.4. The Bertz CT molecular complexity index is 103. The molecule has 1 aliphatic rings. The Morgan fingerprint density at radius 1 is 0.933 bits per heavy atom. The van der Waals surface area contributed by atoms with Crippen LogP contribution in [0.5, 0.6) is 0 Å². The summed E-state index contributed by atoms with van der Waals surface area (Å²) in [5.74, 6) is 0.860. The molecule has 2 N–H and O–H groups in total. The molecule has 1 fully saturated rings. The molecule has 0 bridgehead atoms. The smallest absolute Gasteiger partial charge is 0.0563 e. The third-order valence-corrected chi connectivity index (χ3v) is 1.99. The minimum atomic E-state index is -0.500. The molecule has 0 radical (unpaired) electrons. The summed E-state index contributed by atoms with van der Waals surface area (Å²) in [6, 6.07) is 0. The zero-order chi connectivity index (χ0) is 12.5. The summed E-state index contributed by atoms with van der Waals surface area (Å²) in [6.45, 7) is 11.5. The molecule has 94 valence electrons. The van der Waals surface area contributed by atoms with Gasteiger partial charge in [0.1, 0.15) is 0 Å². The van der Waals surface area contributed by atoms with Gasteiger partial charge in [-0.3, -0.25) is 0 Å². The normalized spacial score (nSPS) is 25.6. The summed E-state index contributed by atoms with van der Waals surface area (Å²) in [5.41, 5.74) is -0.500. The van der Waals surface area contributed by atoms with E-state index in [1.54, 1.807) is 20.8 Å². The van der Waals surface area contributed by atoms with Gasteiger partial charge in [0.2, 0.25) is 0 Å². The van der Waals surface area contributed by atoms with Crippen molar-refractivity contribution in [2.45, 2.75) is 78.9 Å². The van der Waals surface area contributed by atoms with E-state index in [4.69, 9.17) is 10.2 Å². The van der Waals surface area contributed by atoms with Crippen molar-refractivity contribution in [1.29, 1.82) is 0 Å². The van der Waals surface area contributed by atoms with E-state index in [1.807, 2.05) is 13.8 Å². The van der Waals surface area contributed by atoms with E-state index < -0.39 is 5.60 Å². The molecule has 2 nitrogen and oxygen atoms in total. The fourth-order valence-corrected chi connectivity index (χ4v) is 1.24. The van der Waals surface area contributed by atoms with Crippen molar-refractivity contribution < 1.29 is 10.2 Å². The minimum absolute atomic E-state index is 0.0196. The molecule has 1 saturated carbocycles. The Morgan fingerprint density at radius 2 is 1.20 bits per heavy atom. The highest BCUT2D eigenvalue weighted by Gasteiger charge is 2.14. The maximum atomic E-state index is 9.03. The Hall–Kier alpha value is -0.0800. The summed E-state index contributed by atoms with van der Waals surface area (Å²) in [7, 11) is 0. The standard InChI is InChI=1S/C7H14O.C4H10O.C2H6/c1-6-2-4-7(8)5-3-6;1-4(2,3)5;1-2/h6-8H,2-5H2,1H3;5H,1-3H3;1-2H3. The highest BCUT2D eigenvalue weighted by Crippen LogP contribution is 2.22. The average molecular weight is 218 g/mol.